The second-order valence-corrected chi connectivity index (χ2v) is 8.26. The molecule has 5 rings (SSSR count). The Labute approximate surface area is 205 Å². The zero-order valence-electron chi connectivity index (χ0n) is 19.8. The monoisotopic (exact) mass is 488 g/mol. The lowest BCUT2D eigenvalue weighted by molar-refractivity contribution is 0.306. The maximum Gasteiger partial charge on any atom is 0.267 e. The number of methoxy groups -OCH3 is 1. The van der Waals surface area contributed by atoms with Crippen molar-refractivity contribution in [1.82, 2.24) is 19.2 Å². The van der Waals surface area contributed by atoms with Crippen LogP contribution in [-0.4, -0.2) is 26.3 Å². The summed E-state index contributed by atoms with van der Waals surface area (Å²) in [7, 11) is 1.61. The normalized spacial score (nSPS) is 11.1. The van der Waals surface area contributed by atoms with Gasteiger partial charge in [0.1, 0.15) is 18.1 Å². The minimum absolute atomic E-state index is 0.0149. The fourth-order valence-electron chi connectivity index (χ4n) is 4.02. The molecule has 0 fully saturated rings. The first-order valence-electron chi connectivity index (χ1n) is 11.2. The second kappa shape index (κ2) is 9.26. The number of hydrogen-bond donors (Lipinski definition) is 0. The molecule has 0 aliphatic heterocycles. The third-order valence-corrected chi connectivity index (χ3v) is 5.84. The Bertz CT molecular complexity index is 1640. The molecule has 5 aromatic rings. The third kappa shape index (κ3) is 4.19. The predicted molar refractivity (Wildman–Crippen MR) is 131 cm³/mol. The lowest BCUT2D eigenvalue weighted by Crippen LogP contribution is -2.19. The van der Waals surface area contributed by atoms with Crippen molar-refractivity contribution in [2.45, 2.75) is 20.5 Å². The van der Waals surface area contributed by atoms with Gasteiger partial charge < -0.3 is 9.47 Å². The van der Waals surface area contributed by atoms with Gasteiger partial charge in [0.25, 0.3) is 5.56 Å². The molecule has 7 nitrogen and oxygen atoms in total. The van der Waals surface area contributed by atoms with E-state index in [0.717, 1.165) is 29.3 Å². The van der Waals surface area contributed by atoms with Crippen LogP contribution in [0.25, 0.3) is 22.6 Å². The highest BCUT2D eigenvalue weighted by atomic mass is 19.2. The van der Waals surface area contributed by atoms with E-state index < -0.39 is 11.6 Å². The number of benzene rings is 2. The molecule has 0 saturated heterocycles. The number of rotatable bonds is 6. The molecule has 0 saturated carbocycles. The SMILES string of the molecule is COc1ccc(-n2nc(-c3c(C)nc4c(OCc5ccc(F)c(F)c5)cccn4c3=O)cc2C)cc1. The van der Waals surface area contributed by atoms with E-state index in [2.05, 4.69) is 10.1 Å². The Morgan fingerprint density at radius 2 is 1.75 bits per heavy atom. The number of fused-ring (bicyclic) bond motifs is 1. The van der Waals surface area contributed by atoms with Crippen LogP contribution in [0.3, 0.4) is 0 Å². The number of nitrogens with zero attached hydrogens (tertiary/aromatic N) is 4. The van der Waals surface area contributed by atoms with E-state index in [1.54, 1.807) is 37.0 Å². The van der Waals surface area contributed by atoms with Crippen molar-refractivity contribution in [2.75, 3.05) is 7.11 Å². The van der Waals surface area contributed by atoms with Crippen molar-refractivity contribution in [1.29, 1.82) is 0 Å². The number of pyridine rings is 1. The van der Waals surface area contributed by atoms with Gasteiger partial charge in [0.15, 0.2) is 23.0 Å². The highest BCUT2D eigenvalue weighted by molar-refractivity contribution is 5.65. The van der Waals surface area contributed by atoms with E-state index in [4.69, 9.17) is 9.47 Å². The van der Waals surface area contributed by atoms with Crippen molar-refractivity contribution < 1.29 is 18.3 Å². The summed E-state index contributed by atoms with van der Waals surface area (Å²) in [5, 5.41) is 4.67. The van der Waals surface area contributed by atoms with Gasteiger partial charge in [-0.15, -0.1) is 0 Å². The fraction of sp³-hybridized carbons (Fsp3) is 0.148. The number of halogens is 2. The summed E-state index contributed by atoms with van der Waals surface area (Å²) in [6.07, 6.45) is 1.60. The molecule has 0 aliphatic carbocycles. The minimum Gasteiger partial charge on any atom is -0.497 e. The number of hydrogen-bond acceptors (Lipinski definition) is 5. The van der Waals surface area contributed by atoms with Gasteiger partial charge in [-0.05, 0) is 74.0 Å². The first-order valence-corrected chi connectivity index (χ1v) is 11.2. The fourth-order valence-corrected chi connectivity index (χ4v) is 4.02. The van der Waals surface area contributed by atoms with E-state index >= 15 is 0 Å². The largest absolute Gasteiger partial charge is 0.497 e. The summed E-state index contributed by atoms with van der Waals surface area (Å²) in [5.74, 6) is -0.800. The van der Waals surface area contributed by atoms with E-state index in [9.17, 15) is 13.6 Å². The van der Waals surface area contributed by atoms with Gasteiger partial charge in [-0.3, -0.25) is 9.20 Å². The lowest BCUT2D eigenvalue weighted by atomic mass is 10.1. The average molecular weight is 488 g/mol. The second-order valence-electron chi connectivity index (χ2n) is 8.26. The van der Waals surface area contributed by atoms with Crippen LogP contribution in [0.15, 0.2) is 71.7 Å². The van der Waals surface area contributed by atoms with Crippen LogP contribution in [0.2, 0.25) is 0 Å². The summed E-state index contributed by atoms with van der Waals surface area (Å²) in [4.78, 5) is 18.1. The van der Waals surface area contributed by atoms with E-state index in [1.165, 1.54) is 10.5 Å². The quantitative estimate of drug-likeness (QED) is 0.335. The van der Waals surface area contributed by atoms with Crippen LogP contribution in [0.1, 0.15) is 17.0 Å². The van der Waals surface area contributed by atoms with Gasteiger partial charge in [0.05, 0.1) is 24.1 Å². The van der Waals surface area contributed by atoms with Crippen molar-refractivity contribution in [2.24, 2.45) is 0 Å². The molecule has 3 aromatic heterocycles. The maximum atomic E-state index is 13.5. The van der Waals surface area contributed by atoms with E-state index in [1.807, 2.05) is 37.3 Å². The van der Waals surface area contributed by atoms with E-state index in [0.29, 0.717) is 33.9 Å². The molecule has 0 aliphatic rings. The molecule has 36 heavy (non-hydrogen) atoms. The van der Waals surface area contributed by atoms with Crippen LogP contribution >= 0.6 is 0 Å². The van der Waals surface area contributed by atoms with E-state index in [-0.39, 0.29) is 12.2 Å². The molecule has 0 atom stereocenters. The summed E-state index contributed by atoms with van der Waals surface area (Å²) >= 11 is 0. The molecule has 0 amide bonds. The summed E-state index contributed by atoms with van der Waals surface area (Å²) < 4.78 is 40.9. The van der Waals surface area contributed by atoms with Crippen molar-refractivity contribution in [3.63, 3.8) is 0 Å². The molecule has 3 heterocycles. The Balaban J connectivity index is 1.52. The number of aryl methyl sites for hydroxylation is 2. The summed E-state index contributed by atoms with van der Waals surface area (Å²) in [6.45, 7) is 3.63. The highest BCUT2D eigenvalue weighted by Gasteiger charge is 2.18. The first kappa shape index (κ1) is 23.2. The van der Waals surface area contributed by atoms with Gasteiger partial charge in [-0.2, -0.15) is 5.10 Å². The third-order valence-electron chi connectivity index (χ3n) is 5.84. The Morgan fingerprint density at radius 3 is 2.47 bits per heavy atom. The molecule has 0 spiro atoms. The standard InChI is InChI=1S/C27H22F2N4O3/c1-16-13-23(31-33(16)19-7-9-20(35-3)10-8-19)25-17(2)30-26-24(5-4-12-32(26)27(25)34)36-15-18-6-11-21(28)22(29)14-18/h4-14H,15H2,1-3H3. The molecule has 2 aromatic carbocycles. The van der Waals surface area contributed by atoms with Crippen LogP contribution in [0.5, 0.6) is 11.5 Å². The minimum atomic E-state index is -0.951. The Kier molecular flexibility index (Phi) is 5.97. The molecule has 0 N–H and O–H groups in total. The van der Waals surface area contributed by atoms with Crippen LogP contribution in [0.4, 0.5) is 8.78 Å². The van der Waals surface area contributed by atoms with Gasteiger partial charge in [0, 0.05) is 11.9 Å². The molecule has 182 valence electrons. The molecule has 0 bridgehead atoms. The number of aromatic nitrogens is 4. The lowest BCUT2D eigenvalue weighted by Gasteiger charge is -2.12. The Hall–Kier alpha value is -4.53. The molecule has 0 radical (unpaired) electrons. The number of ether oxygens (including phenoxy) is 2. The molecule has 0 unspecified atom stereocenters. The van der Waals surface area contributed by atoms with Gasteiger partial charge >= 0.3 is 0 Å². The van der Waals surface area contributed by atoms with Crippen LogP contribution in [-0.2, 0) is 6.61 Å². The molecule has 9 heteroatoms. The summed E-state index contributed by atoms with van der Waals surface area (Å²) in [5.41, 5.74) is 3.52. The smallest absolute Gasteiger partial charge is 0.267 e. The summed E-state index contributed by atoms with van der Waals surface area (Å²) in [6, 6.07) is 16.2. The Morgan fingerprint density at radius 1 is 0.972 bits per heavy atom. The molecular formula is C27H22F2N4O3. The average Bonchev–Trinajstić information content (AvgIpc) is 3.25. The van der Waals surface area contributed by atoms with Gasteiger partial charge in [-0.1, -0.05) is 6.07 Å². The van der Waals surface area contributed by atoms with Crippen molar-refractivity contribution in [3.8, 4) is 28.4 Å². The maximum absolute atomic E-state index is 13.5. The zero-order valence-corrected chi connectivity index (χ0v) is 19.8. The molecular weight excluding hydrogens is 466 g/mol. The van der Waals surface area contributed by atoms with Crippen LogP contribution in [0, 0.1) is 25.5 Å². The zero-order chi connectivity index (χ0) is 25.4. The highest BCUT2D eigenvalue weighted by Crippen LogP contribution is 2.25. The van der Waals surface area contributed by atoms with Gasteiger partial charge in [-0.25, -0.2) is 18.4 Å². The first-order chi connectivity index (χ1) is 17.4. The van der Waals surface area contributed by atoms with Crippen molar-refractivity contribution in [3.05, 3.63) is 106 Å². The topological polar surface area (TPSA) is 70.7 Å². The predicted octanol–water partition coefficient (Wildman–Crippen LogP) is 5.03. The van der Waals surface area contributed by atoms with Gasteiger partial charge in [0.2, 0.25) is 0 Å². The van der Waals surface area contributed by atoms with Crippen molar-refractivity contribution >= 4 is 5.65 Å². The van der Waals surface area contributed by atoms with Crippen LogP contribution < -0.4 is 15.0 Å².